The predicted molar refractivity (Wildman–Crippen MR) is 94.2 cm³/mol. The number of para-hydroxylation sites is 1. The van der Waals surface area contributed by atoms with Crippen molar-refractivity contribution in [2.45, 2.75) is 13.3 Å². The van der Waals surface area contributed by atoms with Crippen LogP contribution in [0.4, 0.5) is 5.69 Å². The minimum Gasteiger partial charge on any atom is -0.486 e. The Bertz CT molecular complexity index is 771. The lowest BCUT2D eigenvalue weighted by Crippen LogP contribution is -2.27. The van der Waals surface area contributed by atoms with E-state index in [1.54, 1.807) is 18.2 Å². The number of carbonyl (C=O) groups is 2. The van der Waals surface area contributed by atoms with Crippen molar-refractivity contribution < 1.29 is 19.1 Å². The fraction of sp³-hybridized carbons (Fsp3) is 0.263. The summed E-state index contributed by atoms with van der Waals surface area (Å²) < 4.78 is 11.1. The van der Waals surface area contributed by atoms with Gasteiger partial charge in [-0.25, -0.2) is 0 Å². The molecule has 0 saturated carbocycles. The Labute approximate surface area is 146 Å². The Balaban J connectivity index is 1.55. The first kappa shape index (κ1) is 16.8. The van der Waals surface area contributed by atoms with Crippen molar-refractivity contribution in [3.8, 4) is 11.5 Å². The molecule has 0 aromatic heterocycles. The summed E-state index contributed by atoms with van der Waals surface area (Å²) in [6.45, 7) is 2.91. The molecule has 6 nitrogen and oxygen atoms in total. The molecular formula is C19H20N2O4. The molecule has 0 unspecified atom stereocenters. The van der Waals surface area contributed by atoms with Crippen LogP contribution in [0.1, 0.15) is 22.8 Å². The summed E-state index contributed by atoms with van der Waals surface area (Å²) in [4.78, 5) is 23.4. The largest absolute Gasteiger partial charge is 0.486 e. The number of ether oxygens (including phenoxy) is 2. The molecule has 2 aromatic rings. The maximum Gasteiger partial charge on any atom is 0.255 e. The molecule has 0 bridgehead atoms. The highest BCUT2D eigenvalue weighted by Crippen LogP contribution is 2.33. The molecule has 2 amide bonds. The van der Waals surface area contributed by atoms with Crippen LogP contribution in [-0.4, -0.2) is 31.6 Å². The summed E-state index contributed by atoms with van der Waals surface area (Å²) in [6, 6.07) is 12.8. The van der Waals surface area contributed by atoms with E-state index in [-0.39, 0.29) is 11.8 Å². The first-order valence-electron chi connectivity index (χ1n) is 8.17. The summed E-state index contributed by atoms with van der Waals surface area (Å²) in [6.07, 6.45) is 0.693. The van der Waals surface area contributed by atoms with E-state index in [4.69, 9.17) is 9.47 Å². The van der Waals surface area contributed by atoms with Crippen LogP contribution in [0.2, 0.25) is 0 Å². The molecule has 0 aliphatic carbocycles. The van der Waals surface area contributed by atoms with Crippen molar-refractivity contribution in [1.29, 1.82) is 0 Å². The van der Waals surface area contributed by atoms with E-state index in [9.17, 15) is 9.59 Å². The third kappa shape index (κ3) is 4.29. The van der Waals surface area contributed by atoms with Crippen molar-refractivity contribution >= 4 is 17.5 Å². The average Bonchev–Trinajstić information content (AvgIpc) is 2.62. The van der Waals surface area contributed by atoms with Gasteiger partial charge in [-0.15, -0.1) is 0 Å². The molecule has 130 valence electrons. The number of anilines is 1. The monoisotopic (exact) mass is 340 g/mol. The molecule has 0 radical (unpaired) electrons. The summed E-state index contributed by atoms with van der Waals surface area (Å²) in [5, 5.41) is 5.62. The van der Waals surface area contributed by atoms with E-state index in [1.807, 2.05) is 24.3 Å². The Morgan fingerprint density at radius 3 is 2.56 bits per heavy atom. The van der Waals surface area contributed by atoms with Gasteiger partial charge < -0.3 is 20.1 Å². The Morgan fingerprint density at radius 2 is 1.80 bits per heavy atom. The third-order valence-corrected chi connectivity index (χ3v) is 3.78. The number of amides is 2. The zero-order valence-electron chi connectivity index (χ0n) is 14.0. The van der Waals surface area contributed by atoms with Gasteiger partial charge in [0.1, 0.15) is 13.2 Å². The second kappa shape index (κ2) is 7.70. The van der Waals surface area contributed by atoms with Crippen LogP contribution in [0.3, 0.4) is 0 Å². The smallest absolute Gasteiger partial charge is 0.255 e. The molecule has 25 heavy (non-hydrogen) atoms. The maximum absolute atomic E-state index is 12.4. The topological polar surface area (TPSA) is 76.7 Å². The van der Waals surface area contributed by atoms with Crippen LogP contribution in [0.25, 0.3) is 0 Å². The van der Waals surface area contributed by atoms with E-state index >= 15 is 0 Å². The van der Waals surface area contributed by atoms with Gasteiger partial charge in [0.2, 0.25) is 5.91 Å². The molecular weight excluding hydrogens is 320 g/mol. The highest BCUT2D eigenvalue weighted by Gasteiger charge is 2.19. The van der Waals surface area contributed by atoms with E-state index in [1.165, 1.54) is 6.92 Å². The van der Waals surface area contributed by atoms with Crippen molar-refractivity contribution in [2.24, 2.45) is 0 Å². The van der Waals surface area contributed by atoms with Gasteiger partial charge in [-0.05, 0) is 36.2 Å². The lowest BCUT2D eigenvalue weighted by molar-refractivity contribution is -0.114. The second-order valence-corrected chi connectivity index (χ2v) is 5.71. The normalized spacial score (nSPS) is 12.4. The van der Waals surface area contributed by atoms with Crippen molar-refractivity contribution in [3.05, 3.63) is 53.6 Å². The number of nitrogens with one attached hydrogen (secondary N) is 2. The van der Waals surface area contributed by atoms with Crippen LogP contribution in [0.5, 0.6) is 11.5 Å². The number of rotatable bonds is 5. The van der Waals surface area contributed by atoms with Gasteiger partial charge >= 0.3 is 0 Å². The zero-order valence-corrected chi connectivity index (χ0v) is 14.0. The Morgan fingerprint density at radius 1 is 1.04 bits per heavy atom. The van der Waals surface area contributed by atoms with Crippen molar-refractivity contribution in [1.82, 2.24) is 5.32 Å². The predicted octanol–water partition coefficient (Wildman–Crippen LogP) is 2.39. The molecule has 6 heteroatoms. The molecule has 0 atom stereocenters. The molecule has 1 aliphatic rings. The fourth-order valence-electron chi connectivity index (χ4n) is 2.63. The highest BCUT2D eigenvalue weighted by atomic mass is 16.6. The van der Waals surface area contributed by atoms with Gasteiger partial charge in [-0.2, -0.15) is 0 Å². The van der Waals surface area contributed by atoms with Gasteiger partial charge in [0.25, 0.3) is 5.91 Å². The van der Waals surface area contributed by atoms with Gasteiger partial charge in [0.05, 0.1) is 5.56 Å². The lowest BCUT2D eigenvalue weighted by Gasteiger charge is -2.20. The zero-order chi connectivity index (χ0) is 17.6. The highest BCUT2D eigenvalue weighted by molar-refractivity contribution is 5.97. The van der Waals surface area contributed by atoms with Crippen LogP contribution in [0, 0.1) is 0 Å². The van der Waals surface area contributed by atoms with E-state index in [0.717, 1.165) is 11.3 Å². The molecule has 2 N–H and O–H groups in total. The first-order valence-corrected chi connectivity index (χ1v) is 8.17. The minimum atomic E-state index is -0.183. The van der Waals surface area contributed by atoms with Crippen molar-refractivity contribution in [3.63, 3.8) is 0 Å². The van der Waals surface area contributed by atoms with Crippen LogP contribution in [-0.2, 0) is 11.2 Å². The number of hydrogen-bond donors (Lipinski definition) is 2. The quantitative estimate of drug-likeness (QED) is 0.876. The van der Waals surface area contributed by atoms with Crippen molar-refractivity contribution in [2.75, 3.05) is 25.1 Å². The second-order valence-electron chi connectivity index (χ2n) is 5.71. The number of fused-ring (bicyclic) bond motifs is 1. The molecule has 1 aliphatic heterocycles. The van der Waals surface area contributed by atoms with Gasteiger partial charge in [-0.3, -0.25) is 9.59 Å². The van der Waals surface area contributed by atoms with Gasteiger partial charge in [0, 0.05) is 19.2 Å². The molecule has 2 aromatic carbocycles. The third-order valence-electron chi connectivity index (χ3n) is 3.78. The number of benzene rings is 2. The molecule has 0 fully saturated rings. The standard InChI is InChI=1S/C19H20N2O4/c1-13(22)21-15-7-5-14(6-8-15)9-10-20-19(23)16-3-2-4-17-18(16)25-12-11-24-17/h2-8H,9-12H2,1H3,(H,20,23)(H,21,22). The molecule has 0 spiro atoms. The molecule has 1 heterocycles. The minimum absolute atomic E-state index is 0.0996. The van der Waals surface area contributed by atoms with Gasteiger partial charge in [0.15, 0.2) is 11.5 Å². The molecule has 0 saturated heterocycles. The number of hydrogen-bond acceptors (Lipinski definition) is 4. The summed E-state index contributed by atoms with van der Waals surface area (Å²) >= 11 is 0. The first-order chi connectivity index (χ1) is 12.1. The summed E-state index contributed by atoms with van der Waals surface area (Å²) in [7, 11) is 0. The molecule has 3 rings (SSSR count). The Kier molecular flexibility index (Phi) is 5.18. The summed E-state index contributed by atoms with van der Waals surface area (Å²) in [5.41, 5.74) is 2.32. The average molecular weight is 340 g/mol. The van der Waals surface area contributed by atoms with Gasteiger partial charge in [-0.1, -0.05) is 18.2 Å². The van der Waals surface area contributed by atoms with E-state index in [0.29, 0.717) is 43.2 Å². The maximum atomic E-state index is 12.4. The van der Waals surface area contributed by atoms with E-state index in [2.05, 4.69) is 10.6 Å². The Hall–Kier alpha value is -3.02. The lowest BCUT2D eigenvalue weighted by atomic mass is 10.1. The SMILES string of the molecule is CC(=O)Nc1ccc(CCNC(=O)c2cccc3c2OCCO3)cc1. The van der Waals surface area contributed by atoms with E-state index < -0.39 is 0 Å². The number of carbonyl (C=O) groups excluding carboxylic acids is 2. The summed E-state index contributed by atoms with van der Waals surface area (Å²) in [5.74, 6) is 0.827. The van der Waals surface area contributed by atoms with Crippen LogP contribution < -0.4 is 20.1 Å². The fourth-order valence-corrected chi connectivity index (χ4v) is 2.63. The van der Waals surface area contributed by atoms with Crippen LogP contribution in [0.15, 0.2) is 42.5 Å². The van der Waals surface area contributed by atoms with Crippen LogP contribution >= 0.6 is 0 Å².